The van der Waals surface area contributed by atoms with E-state index in [9.17, 15) is 22.0 Å². The summed E-state index contributed by atoms with van der Waals surface area (Å²) in [6.45, 7) is 0. The lowest BCUT2D eigenvalue weighted by Crippen LogP contribution is -2.15. The van der Waals surface area contributed by atoms with Crippen molar-refractivity contribution in [2.75, 3.05) is 11.8 Å². The van der Waals surface area contributed by atoms with Gasteiger partial charge in [0.15, 0.2) is 0 Å². The van der Waals surface area contributed by atoms with Gasteiger partial charge in [0.05, 0.1) is 12.7 Å². The molecule has 0 aliphatic rings. The van der Waals surface area contributed by atoms with Gasteiger partial charge in [0.2, 0.25) is 0 Å². The number of hydrogen-bond acceptors (Lipinski definition) is 4. The Morgan fingerprint density at radius 3 is 2.27 bits per heavy atom. The van der Waals surface area contributed by atoms with Crippen molar-refractivity contribution in [1.29, 1.82) is 0 Å². The van der Waals surface area contributed by atoms with Crippen LogP contribution >= 0.6 is 0 Å². The van der Waals surface area contributed by atoms with Crippen LogP contribution in [0, 0.1) is 11.6 Å². The number of anilines is 1. The lowest BCUT2D eigenvalue weighted by Gasteiger charge is -2.09. The summed E-state index contributed by atoms with van der Waals surface area (Å²) in [4.78, 5) is 10.6. The van der Waals surface area contributed by atoms with Crippen molar-refractivity contribution < 1.29 is 26.7 Å². The van der Waals surface area contributed by atoms with E-state index in [4.69, 9.17) is 0 Å². The van der Waals surface area contributed by atoms with Crippen LogP contribution in [-0.2, 0) is 14.8 Å². The predicted molar refractivity (Wildman–Crippen MR) is 74.9 cm³/mol. The maximum atomic E-state index is 13.5. The van der Waals surface area contributed by atoms with Crippen molar-refractivity contribution in [3.8, 4) is 0 Å². The molecule has 0 aliphatic heterocycles. The molecule has 0 saturated heterocycles. The maximum absolute atomic E-state index is 13.5. The number of sulfonamides is 1. The molecule has 0 heterocycles. The summed E-state index contributed by atoms with van der Waals surface area (Å²) in [6, 6.07) is 7.51. The zero-order valence-electron chi connectivity index (χ0n) is 11.3. The summed E-state index contributed by atoms with van der Waals surface area (Å²) in [5.41, 5.74) is 0.356. The van der Waals surface area contributed by atoms with Crippen molar-refractivity contribution in [3.05, 3.63) is 59.7 Å². The van der Waals surface area contributed by atoms with Gasteiger partial charge in [0, 0.05) is 11.8 Å². The Morgan fingerprint density at radius 2 is 1.73 bits per heavy atom. The van der Waals surface area contributed by atoms with E-state index in [2.05, 4.69) is 9.46 Å². The van der Waals surface area contributed by atoms with E-state index in [1.807, 2.05) is 0 Å². The predicted octanol–water partition coefficient (Wildman–Crippen LogP) is 2.55. The van der Waals surface area contributed by atoms with Crippen molar-refractivity contribution in [2.45, 2.75) is 4.90 Å². The fourth-order valence-electron chi connectivity index (χ4n) is 1.70. The Hall–Kier alpha value is -2.48. The van der Waals surface area contributed by atoms with Crippen LogP contribution in [0.2, 0.25) is 0 Å². The second-order valence-electron chi connectivity index (χ2n) is 4.25. The highest BCUT2D eigenvalue weighted by molar-refractivity contribution is 7.92. The van der Waals surface area contributed by atoms with Crippen LogP contribution < -0.4 is 4.72 Å². The molecule has 5 nitrogen and oxygen atoms in total. The highest BCUT2D eigenvalue weighted by Crippen LogP contribution is 2.20. The number of hydrogen-bond donors (Lipinski definition) is 1. The largest absolute Gasteiger partial charge is 0.465 e. The molecule has 0 atom stereocenters. The van der Waals surface area contributed by atoms with Crippen LogP contribution in [0.15, 0.2) is 47.4 Å². The number of benzene rings is 2. The molecule has 0 bridgehead atoms. The van der Waals surface area contributed by atoms with Gasteiger partial charge in [0.1, 0.15) is 16.5 Å². The van der Waals surface area contributed by atoms with Gasteiger partial charge in [-0.1, -0.05) is 0 Å². The van der Waals surface area contributed by atoms with Crippen molar-refractivity contribution >= 4 is 21.7 Å². The Labute approximate surface area is 125 Å². The lowest BCUT2D eigenvalue weighted by atomic mass is 10.2. The van der Waals surface area contributed by atoms with Gasteiger partial charge < -0.3 is 4.74 Å². The van der Waals surface area contributed by atoms with Gasteiger partial charge in [-0.25, -0.2) is 22.0 Å². The Bertz CT molecular complexity index is 804. The third-order valence-corrected chi connectivity index (χ3v) is 4.16. The minimum atomic E-state index is -4.21. The molecule has 0 saturated carbocycles. The number of carbonyl (C=O) groups excluding carboxylic acids is 1. The first kappa shape index (κ1) is 15.9. The Morgan fingerprint density at radius 1 is 1.09 bits per heavy atom. The third kappa shape index (κ3) is 3.40. The summed E-state index contributed by atoms with van der Waals surface area (Å²) >= 11 is 0. The van der Waals surface area contributed by atoms with E-state index in [0.29, 0.717) is 6.07 Å². The number of methoxy groups -OCH3 is 1. The van der Waals surface area contributed by atoms with Gasteiger partial charge in [0.25, 0.3) is 10.0 Å². The average Bonchev–Trinajstić information content (AvgIpc) is 2.46. The molecule has 8 heteroatoms. The van der Waals surface area contributed by atoms with E-state index >= 15 is 0 Å². The summed E-state index contributed by atoms with van der Waals surface area (Å²) in [5, 5.41) is 0. The van der Waals surface area contributed by atoms with E-state index < -0.39 is 32.5 Å². The SMILES string of the molecule is COC(=O)c1ccc(NS(=O)(=O)c2ccc(F)cc2F)cc1. The first-order valence-electron chi connectivity index (χ1n) is 6.00. The van der Waals surface area contributed by atoms with Crippen LogP contribution in [0.25, 0.3) is 0 Å². The zero-order valence-corrected chi connectivity index (χ0v) is 12.2. The second kappa shape index (κ2) is 6.10. The van der Waals surface area contributed by atoms with Crippen LogP contribution in [0.5, 0.6) is 0 Å². The monoisotopic (exact) mass is 327 g/mol. The molecular weight excluding hydrogens is 316 g/mol. The van der Waals surface area contributed by atoms with Crippen LogP contribution in [0.3, 0.4) is 0 Å². The topological polar surface area (TPSA) is 72.5 Å². The molecule has 0 aliphatic carbocycles. The van der Waals surface area contributed by atoms with E-state index in [-0.39, 0.29) is 11.3 Å². The van der Waals surface area contributed by atoms with Gasteiger partial charge in [-0.05, 0) is 36.4 Å². The number of halogens is 2. The number of rotatable bonds is 4. The number of nitrogens with one attached hydrogen (secondary N) is 1. The highest BCUT2D eigenvalue weighted by Gasteiger charge is 2.19. The lowest BCUT2D eigenvalue weighted by molar-refractivity contribution is 0.0601. The average molecular weight is 327 g/mol. The highest BCUT2D eigenvalue weighted by atomic mass is 32.2. The first-order chi connectivity index (χ1) is 10.3. The van der Waals surface area contributed by atoms with Gasteiger partial charge in [-0.3, -0.25) is 4.72 Å². The summed E-state index contributed by atoms with van der Waals surface area (Å²) < 4.78 is 57.1. The zero-order chi connectivity index (χ0) is 16.3. The van der Waals surface area contributed by atoms with E-state index in [1.165, 1.54) is 31.4 Å². The smallest absolute Gasteiger partial charge is 0.337 e. The molecule has 0 spiro atoms. The molecule has 2 rings (SSSR count). The summed E-state index contributed by atoms with van der Waals surface area (Å²) in [6.07, 6.45) is 0. The number of esters is 1. The molecule has 2 aromatic carbocycles. The van der Waals surface area contributed by atoms with Crippen molar-refractivity contribution in [3.63, 3.8) is 0 Å². The molecular formula is C14H11F2NO4S. The number of carbonyl (C=O) groups is 1. The standard InChI is InChI=1S/C14H11F2NO4S/c1-21-14(18)9-2-5-11(6-3-9)17-22(19,20)13-7-4-10(15)8-12(13)16/h2-8,17H,1H3. The molecule has 0 amide bonds. The fourth-order valence-corrected chi connectivity index (χ4v) is 2.81. The maximum Gasteiger partial charge on any atom is 0.337 e. The third-order valence-electron chi connectivity index (χ3n) is 2.74. The number of ether oxygens (including phenoxy) is 1. The molecule has 2 aromatic rings. The van der Waals surface area contributed by atoms with Crippen LogP contribution in [0.4, 0.5) is 14.5 Å². The first-order valence-corrected chi connectivity index (χ1v) is 7.48. The summed E-state index contributed by atoms with van der Waals surface area (Å²) in [7, 11) is -2.99. The molecule has 0 radical (unpaired) electrons. The van der Waals surface area contributed by atoms with E-state index in [1.54, 1.807) is 0 Å². The van der Waals surface area contributed by atoms with Crippen LogP contribution in [0.1, 0.15) is 10.4 Å². The molecule has 116 valence electrons. The Balaban J connectivity index is 2.27. The molecule has 22 heavy (non-hydrogen) atoms. The van der Waals surface area contributed by atoms with Crippen LogP contribution in [-0.4, -0.2) is 21.5 Å². The molecule has 1 N–H and O–H groups in total. The second-order valence-corrected chi connectivity index (χ2v) is 5.90. The Kier molecular flexibility index (Phi) is 4.41. The minimum absolute atomic E-state index is 0.122. The molecule has 0 fully saturated rings. The normalized spacial score (nSPS) is 11.0. The van der Waals surface area contributed by atoms with E-state index in [0.717, 1.165) is 12.1 Å². The van der Waals surface area contributed by atoms with Crippen molar-refractivity contribution in [1.82, 2.24) is 0 Å². The van der Waals surface area contributed by atoms with Gasteiger partial charge >= 0.3 is 5.97 Å². The summed E-state index contributed by atoms with van der Waals surface area (Å²) in [5.74, 6) is -2.64. The molecule has 0 unspecified atom stereocenters. The minimum Gasteiger partial charge on any atom is -0.465 e. The van der Waals surface area contributed by atoms with Crippen molar-refractivity contribution in [2.24, 2.45) is 0 Å². The molecule has 0 aromatic heterocycles. The fraction of sp³-hybridized carbons (Fsp3) is 0.0714. The van der Waals surface area contributed by atoms with Gasteiger partial charge in [-0.15, -0.1) is 0 Å². The van der Waals surface area contributed by atoms with Gasteiger partial charge in [-0.2, -0.15) is 0 Å². The quantitative estimate of drug-likeness (QED) is 0.876.